The lowest BCUT2D eigenvalue weighted by Crippen LogP contribution is -2.28. The van der Waals surface area contributed by atoms with Gasteiger partial charge >= 0.3 is 0 Å². The number of carbonyl (C=O) groups is 1. The highest BCUT2D eigenvalue weighted by atomic mass is 35.5. The smallest absolute Gasteiger partial charge is 0.254 e. The molecule has 0 aliphatic rings. The van der Waals surface area contributed by atoms with Crippen LogP contribution in [0.4, 0.5) is 4.39 Å². The van der Waals surface area contributed by atoms with Gasteiger partial charge in [0.2, 0.25) is 0 Å². The minimum Gasteiger partial charge on any atom is -0.496 e. The minimum atomic E-state index is -0.917. The van der Waals surface area contributed by atoms with Gasteiger partial charge in [0, 0.05) is 5.56 Å². The molecule has 0 bridgehead atoms. The second-order valence-electron chi connectivity index (χ2n) is 4.86. The molecule has 0 aromatic heterocycles. The number of nitriles is 1. The van der Waals surface area contributed by atoms with Crippen LogP contribution in [0.3, 0.4) is 0 Å². The summed E-state index contributed by atoms with van der Waals surface area (Å²) in [6.07, 6.45) is 0. The van der Waals surface area contributed by atoms with Crippen molar-refractivity contribution in [3.05, 3.63) is 63.9 Å². The molecule has 0 fully saturated rings. The Morgan fingerprint density at radius 3 is 2.74 bits per heavy atom. The van der Waals surface area contributed by atoms with E-state index in [0.717, 1.165) is 6.07 Å². The Kier molecular flexibility index (Phi) is 5.20. The maximum absolute atomic E-state index is 13.4. The molecule has 0 spiro atoms. The van der Waals surface area contributed by atoms with E-state index in [1.807, 2.05) is 6.07 Å². The molecule has 0 aliphatic heterocycles. The Morgan fingerprint density at radius 2 is 2.09 bits per heavy atom. The monoisotopic (exact) mass is 332 g/mol. The van der Waals surface area contributed by atoms with Crippen molar-refractivity contribution in [2.45, 2.75) is 13.0 Å². The number of para-hydroxylation sites is 1. The van der Waals surface area contributed by atoms with Gasteiger partial charge in [-0.1, -0.05) is 29.8 Å². The molecule has 2 aromatic rings. The van der Waals surface area contributed by atoms with Crippen molar-refractivity contribution in [3.63, 3.8) is 0 Å². The van der Waals surface area contributed by atoms with Gasteiger partial charge in [-0.3, -0.25) is 4.79 Å². The first-order valence-corrected chi connectivity index (χ1v) is 7.14. The van der Waals surface area contributed by atoms with E-state index in [-0.39, 0.29) is 10.6 Å². The standard InChI is InChI=1S/C17H14ClFN2O2/c1-10-7-12(13(18)8-14(10)19)17(22)21-15(9-20)11-5-3-4-6-16(11)23-2/h3-8,15H,1-2H3,(H,21,22)/t15-/m0/s1. The average Bonchev–Trinajstić information content (AvgIpc) is 2.55. The Bertz CT molecular complexity index is 787. The summed E-state index contributed by atoms with van der Waals surface area (Å²) in [6.45, 7) is 1.53. The fourth-order valence-corrected chi connectivity index (χ4v) is 2.36. The quantitative estimate of drug-likeness (QED) is 0.926. The summed E-state index contributed by atoms with van der Waals surface area (Å²) in [4.78, 5) is 12.4. The van der Waals surface area contributed by atoms with Crippen LogP contribution >= 0.6 is 11.6 Å². The zero-order valence-corrected chi connectivity index (χ0v) is 13.3. The summed E-state index contributed by atoms with van der Waals surface area (Å²) in [5.41, 5.74) is 0.937. The number of ether oxygens (including phenoxy) is 1. The normalized spacial score (nSPS) is 11.4. The van der Waals surface area contributed by atoms with Gasteiger partial charge in [-0.25, -0.2) is 4.39 Å². The Hall–Kier alpha value is -2.58. The summed E-state index contributed by atoms with van der Waals surface area (Å²) in [5.74, 6) is -0.565. The van der Waals surface area contributed by atoms with Crippen LogP contribution < -0.4 is 10.1 Å². The number of hydrogen-bond donors (Lipinski definition) is 1. The first kappa shape index (κ1) is 16.8. The molecule has 2 aromatic carbocycles. The van der Waals surface area contributed by atoms with Crippen LogP contribution in [0.1, 0.15) is 27.5 Å². The van der Waals surface area contributed by atoms with Gasteiger partial charge in [-0.15, -0.1) is 0 Å². The molecule has 1 atom stereocenters. The highest BCUT2D eigenvalue weighted by Crippen LogP contribution is 2.26. The van der Waals surface area contributed by atoms with E-state index in [1.165, 1.54) is 20.1 Å². The molecule has 2 rings (SSSR count). The average molecular weight is 333 g/mol. The molecule has 1 N–H and O–H groups in total. The van der Waals surface area contributed by atoms with Crippen LogP contribution in [-0.4, -0.2) is 13.0 Å². The first-order chi connectivity index (χ1) is 11.0. The molecule has 0 aliphatic carbocycles. The fraction of sp³-hybridized carbons (Fsp3) is 0.176. The third-order valence-electron chi connectivity index (χ3n) is 3.35. The lowest BCUT2D eigenvalue weighted by molar-refractivity contribution is 0.0945. The van der Waals surface area contributed by atoms with Crippen LogP contribution in [-0.2, 0) is 0 Å². The number of amides is 1. The van der Waals surface area contributed by atoms with Gasteiger partial charge in [0.25, 0.3) is 5.91 Å². The lowest BCUT2D eigenvalue weighted by Gasteiger charge is -2.16. The van der Waals surface area contributed by atoms with Crippen LogP contribution in [0, 0.1) is 24.1 Å². The predicted octanol–water partition coefficient (Wildman–Crippen LogP) is 3.79. The van der Waals surface area contributed by atoms with Crippen molar-refractivity contribution >= 4 is 17.5 Å². The third-order valence-corrected chi connectivity index (χ3v) is 3.66. The van der Waals surface area contributed by atoms with Crippen LogP contribution in [0.25, 0.3) is 0 Å². The van der Waals surface area contributed by atoms with Gasteiger partial charge in [0.1, 0.15) is 17.6 Å². The van der Waals surface area contributed by atoms with Gasteiger partial charge in [0.15, 0.2) is 0 Å². The first-order valence-electron chi connectivity index (χ1n) is 6.77. The third kappa shape index (κ3) is 3.61. The highest BCUT2D eigenvalue weighted by molar-refractivity contribution is 6.33. The van der Waals surface area contributed by atoms with Crippen molar-refractivity contribution in [2.75, 3.05) is 7.11 Å². The Labute approximate surface area is 138 Å². The molecular weight excluding hydrogens is 319 g/mol. The molecule has 0 radical (unpaired) electrons. The number of carbonyl (C=O) groups excluding carboxylic acids is 1. The molecule has 4 nitrogen and oxygen atoms in total. The van der Waals surface area contributed by atoms with Crippen molar-refractivity contribution < 1.29 is 13.9 Å². The number of hydrogen-bond acceptors (Lipinski definition) is 3. The second kappa shape index (κ2) is 7.12. The number of nitrogens with zero attached hydrogens (tertiary/aromatic N) is 1. The van der Waals surface area contributed by atoms with Crippen LogP contribution in [0.15, 0.2) is 36.4 Å². The van der Waals surface area contributed by atoms with E-state index < -0.39 is 17.8 Å². The molecule has 0 unspecified atom stereocenters. The molecule has 0 saturated heterocycles. The van der Waals surface area contributed by atoms with E-state index >= 15 is 0 Å². The van der Waals surface area contributed by atoms with Gasteiger partial charge in [-0.05, 0) is 30.7 Å². The van der Waals surface area contributed by atoms with E-state index in [1.54, 1.807) is 24.3 Å². The number of halogens is 2. The lowest BCUT2D eigenvalue weighted by atomic mass is 10.1. The summed E-state index contributed by atoms with van der Waals surface area (Å²) in [7, 11) is 1.48. The van der Waals surface area contributed by atoms with Gasteiger partial charge in [-0.2, -0.15) is 5.26 Å². The van der Waals surface area contributed by atoms with Gasteiger partial charge < -0.3 is 10.1 Å². The number of rotatable bonds is 4. The number of methoxy groups -OCH3 is 1. The molecule has 0 saturated carbocycles. The topological polar surface area (TPSA) is 62.1 Å². The predicted molar refractivity (Wildman–Crippen MR) is 85.0 cm³/mol. The largest absolute Gasteiger partial charge is 0.496 e. The van der Waals surface area contributed by atoms with Crippen molar-refractivity contribution in [2.24, 2.45) is 0 Å². The zero-order valence-electron chi connectivity index (χ0n) is 12.6. The van der Waals surface area contributed by atoms with E-state index in [2.05, 4.69) is 5.32 Å². The summed E-state index contributed by atoms with van der Waals surface area (Å²) < 4.78 is 18.6. The Morgan fingerprint density at radius 1 is 1.39 bits per heavy atom. The van der Waals surface area contributed by atoms with Crippen molar-refractivity contribution in [3.8, 4) is 11.8 Å². The highest BCUT2D eigenvalue weighted by Gasteiger charge is 2.20. The van der Waals surface area contributed by atoms with Gasteiger partial charge in [0.05, 0.1) is 23.8 Å². The van der Waals surface area contributed by atoms with Crippen molar-refractivity contribution in [1.82, 2.24) is 5.32 Å². The Balaban J connectivity index is 2.31. The maximum Gasteiger partial charge on any atom is 0.254 e. The zero-order chi connectivity index (χ0) is 17.0. The summed E-state index contributed by atoms with van der Waals surface area (Å²) >= 11 is 5.92. The van der Waals surface area contributed by atoms with E-state index in [0.29, 0.717) is 16.9 Å². The molecule has 118 valence electrons. The summed E-state index contributed by atoms with van der Waals surface area (Å²) in [5, 5.41) is 11.9. The van der Waals surface area contributed by atoms with E-state index in [4.69, 9.17) is 16.3 Å². The molecule has 6 heteroatoms. The van der Waals surface area contributed by atoms with Crippen molar-refractivity contribution in [1.29, 1.82) is 5.26 Å². The SMILES string of the molecule is COc1ccccc1[C@H](C#N)NC(=O)c1cc(C)c(F)cc1Cl. The molecule has 0 heterocycles. The van der Waals surface area contributed by atoms with Crippen LogP contribution in [0.5, 0.6) is 5.75 Å². The second-order valence-corrected chi connectivity index (χ2v) is 5.27. The molecule has 23 heavy (non-hydrogen) atoms. The van der Waals surface area contributed by atoms with Crippen LogP contribution in [0.2, 0.25) is 5.02 Å². The molecular formula is C17H14ClFN2O2. The fourth-order valence-electron chi connectivity index (χ4n) is 2.12. The number of nitrogens with one attached hydrogen (secondary N) is 1. The number of aryl methyl sites for hydroxylation is 1. The summed E-state index contributed by atoms with van der Waals surface area (Å²) in [6, 6.07) is 10.4. The van der Waals surface area contributed by atoms with E-state index in [9.17, 15) is 14.4 Å². The number of benzene rings is 2. The maximum atomic E-state index is 13.4. The molecule has 1 amide bonds. The minimum absolute atomic E-state index is 0.0117.